The summed E-state index contributed by atoms with van der Waals surface area (Å²) in [7, 11) is 3.23. The zero-order valence-electron chi connectivity index (χ0n) is 24.0. The standard InChI is InChI=1S/C14H20O3.C9H16N2O2.C5H12O2/c1-3-7-13(15)10-17-14(16)11(2)12-8-5-4-6-9-12;1-4-6-8(11-13)10-9(12)7(3)5-2;1-5(2,6-3)7-4/h4-6,8-9,11,13,15H,3,7,10H2,1-2H3;4,6-7,13H,5H2,1-3H3,(H,10,11,12);1-4H3/b;6-4-;. The minimum Gasteiger partial charge on any atom is -0.462 e. The van der Waals surface area contributed by atoms with Crippen molar-refractivity contribution in [2.75, 3.05) is 20.8 Å². The van der Waals surface area contributed by atoms with Crippen LogP contribution in [-0.2, 0) is 23.8 Å². The first kappa shape index (κ1) is 36.4. The van der Waals surface area contributed by atoms with Crippen molar-refractivity contribution in [1.29, 1.82) is 0 Å². The first-order chi connectivity index (χ1) is 17.4. The molecule has 1 aromatic carbocycles. The normalized spacial score (nSPS) is 13.8. The van der Waals surface area contributed by atoms with Gasteiger partial charge in [-0.05, 0) is 52.2 Å². The molecule has 1 amide bonds. The first-order valence-electron chi connectivity index (χ1n) is 12.6. The molecule has 0 bridgehead atoms. The van der Waals surface area contributed by atoms with Gasteiger partial charge in [0.1, 0.15) is 6.61 Å². The lowest BCUT2D eigenvalue weighted by Crippen LogP contribution is -2.33. The smallest absolute Gasteiger partial charge is 0.313 e. The second-order valence-electron chi connectivity index (χ2n) is 8.80. The van der Waals surface area contributed by atoms with Crippen LogP contribution in [0.25, 0.3) is 0 Å². The molecule has 0 heterocycles. The number of rotatable bonds is 11. The van der Waals surface area contributed by atoms with E-state index in [9.17, 15) is 14.7 Å². The molecule has 0 fully saturated rings. The fourth-order valence-electron chi connectivity index (χ4n) is 2.37. The van der Waals surface area contributed by atoms with Crippen molar-refractivity contribution in [3.63, 3.8) is 0 Å². The third kappa shape index (κ3) is 18.2. The largest absolute Gasteiger partial charge is 0.462 e. The Labute approximate surface area is 222 Å². The van der Waals surface area contributed by atoms with Crippen LogP contribution in [0.15, 0.2) is 47.6 Å². The molecular formula is C28H48N2O7. The van der Waals surface area contributed by atoms with Gasteiger partial charge < -0.3 is 29.8 Å². The fourth-order valence-corrected chi connectivity index (χ4v) is 2.37. The lowest BCUT2D eigenvalue weighted by molar-refractivity contribution is -0.178. The molecule has 0 saturated heterocycles. The van der Waals surface area contributed by atoms with Crippen LogP contribution in [0.2, 0.25) is 0 Å². The molecule has 3 unspecified atom stereocenters. The third-order valence-corrected chi connectivity index (χ3v) is 5.42. The van der Waals surface area contributed by atoms with Gasteiger partial charge in [0.25, 0.3) is 0 Å². The van der Waals surface area contributed by atoms with Crippen molar-refractivity contribution in [3.05, 3.63) is 48.0 Å². The van der Waals surface area contributed by atoms with Gasteiger partial charge in [0.15, 0.2) is 11.6 Å². The SMILES string of the molecule is C/C=C\C(=N/O)NC(=O)C(C)CC.CCCC(O)COC(=O)C(C)c1ccccc1.COC(C)(C)OC. The summed E-state index contributed by atoms with van der Waals surface area (Å²) in [6, 6.07) is 9.49. The van der Waals surface area contributed by atoms with Gasteiger partial charge in [-0.2, -0.15) is 0 Å². The molecule has 0 aromatic heterocycles. The second kappa shape index (κ2) is 21.3. The second-order valence-corrected chi connectivity index (χ2v) is 8.80. The highest BCUT2D eigenvalue weighted by Crippen LogP contribution is 2.16. The summed E-state index contributed by atoms with van der Waals surface area (Å²) in [4.78, 5) is 23.0. The molecule has 0 saturated carbocycles. The van der Waals surface area contributed by atoms with Crippen molar-refractivity contribution in [2.24, 2.45) is 11.1 Å². The Morgan fingerprint density at radius 3 is 2.08 bits per heavy atom. The van der Waals surface area contributed by atoms with E-state index < -0.39 is 11.9 Å². The summed E-state index contributed by atoms with van der Waals surface area (Å²) < 4.78 is 14.8. The topological polar surface area (TPSA) is 127 Å². The van der Waals surface area contributed by atoms with Crippen LogP contribution in [0.3, 0.4) is 0 Å². The molecule has 9 nitrogen and oxygen atoms in total. The molecule has 9 heteroatoms. The number of benzene rings is 1. The van der Waals surface area contributed by atoms with Gasteiger partial charge in [0.05, 0.1) is 12.0 Å². The minimum atomic E-state index is -0.549. The average Bonchev–Trinajstić information content (AvgIpc) is 2.91. The minimum absolute atomic E-state index is 0.0676. The van der Waals surface area contributed by atoms with Crippen molar-refractivity contribution >= 4 is 17.7 Å². The first-order valence-corrected chi connectivity index (χ1v) is 12.6. The summed E-state index contributed by atoms with van der Waals surface area (Å²) in [5.41, 5.74) is 0.933. The number of esters is 1. The number of amides is 1. The van der Waals surface area contributed by atoms with Crippen LogP contribution in [0.1, 0.15) is 79.2 Å². The monoisotopic (exact) mass is 524 g/mol. The summed E-state index contributed by atoms with van der Waals surface area (Å²) in [5.74, 6) is -1.01. The lowest BCUT2D eigenvalue weighted by atomic mass is 10.0. The zero-order chi connectivity index (χ0) is 28.9. The number of carbonyl (C=O) groups is 2. The van der Waals surface area contributed by atoms with E-state index in [-0.39, 0.29) is 36.2 Å². The quantitative estimate of drug-likeness (QED) is 0.0926. The number of ether oxygens (including phenoxy) is 3. The number of nitrogens with zero attached hydrogens (tertiary/aromatic N) is 1. The number of aliphatic hydroxyl groups is 1. The van der Waals surface area contributed by atoms with Gasteiger partial charge in [0.2, 0.25) is 5.91 Å². The van der Waals surface area contributed by atoms with Crippen molar-refractivity contribution < 1.29 is 34.1 Å². The van der Waals surface area contributed by atoms with Gasteiger partial charge in [-0.15, -0.1) is 0 Å². The lowest BCUT2D eigenvalue weighted by Gasteiger charge is -2.19. The molecular weight excluding hydrogens is 476 g/mol. The molecule has 212 valence electrons. The molecule has 0 aliphatic heterocycles. The Morgan fingerprint density at radius 1 is 1.11 bits per heavy atom. The summed E-state index contributed by atoms with van der Waals surface area (Å²) in [6.45, 7) is 13.1. The number of hydrogen-bond donors (Lipinski definition) is 3. The summed E-state index contributed by atoms with van der Waals surface area (Å²) in [5, 5.41) is 23.4. The van der Waals surface area contributed by atoms with E-state index in [4.69, 9.17) is 19.4 Å². The van der Waals surface area contributed by atoms with Gasteiger partial charge in [-0.1, -0.05) is 68.8 Å². The van der Waals surface area contributed by atoms with Crippen LogP contribution in [0.5, 0.6) is 0 Å². The number of hydrogen-bond acceptors (Lipinski definition) is 8. The number of amidine groups is 1. The highest BCUT2D eigenvalue weighted by Gasteiger charge is 2.17. The Hall–Kier alpha value is -2.75. The Kier molecular flexibility index (Phi) is 21.0. The maximum Gasteiger partial charge on any atom is 0.313 e. The molecule has 0 radical (unpaired) electrons. The predicted octanol–water partition coefficient (Wildman–Crippen LogP) is 5.02. The Morgan fingerprint density at radius 2 is 1.68 bits per heavy atom. The third-order valence-electron chi connectivity index (χ3n) is 5.42. The van der Waals surface area contributed by atoms with Crippen molar-refractivity contribution in [1.82, 2.24) is 5.32 Å². The molecule has 1 aromatic rings. The highest BCUT2D eigenvalue weighted by atomic mass is 16.7. The van der Waals surface area contributed by atoms with Crippen LogP contribution in [-0.4, -0.2) is 60.7 Å². The van der Waals surface area contributed by atoms with Crippen LogP contribution >= 0.6 is 0 Å². The predicted molar refractivity (Wildman–Crippen MR) is 146 cm³/mol. The van der Waals surface area contributed by atoms with Crippen LogP contribution in [0, 0.1) is 5.92 Å². The highest BCUT2D eigenvalue weighted by molar-refractivity contribution is 6.04. The molecule has 1 rings (SSSR count). The molecule has 37 heavy (non-hydrogen) atoms. The number of aliphatic hydroxyl groups excluding tert-OH is 1. The molecule has 3 N–H and O–H groups in total. The van der Waals surface area contributed by atoms with Gasteiger partial charge in [-0.3, -0.25) is 9.59 Å². The number of carbonyl (C=O) groups excluding carboxylic acids is 2. The Bertz CT molecular complexity index is 789. The van der Waals surface area contributed by atoms with Crippen LogP contribution in [0.4, 0.5) is 0 Å². The van der Waals surface area contributed by atoms with E-state index in [1.807, 2.05) is 71.9 Å². The number of allylic oxidation sites excluding steroid dienone is 1. The molecule has 3 atom stereocenters. The average molecular weight is 525 g/mol. The Balaban J connectivity index is 0. The maximum atomic E-state index is 11.7. The van der Waals surface area contributed by atoms with E-state index in [0.29, 0.717) is 6.42 Å². The number of methoxy groups -OCH3 is 2. The molecule has 0 aliphatic rings. The van der Waals surface area contributed by atoms with Crippen molar-refractivity contribution in [2.45, 2.75) is 85.5 Å². The van der Waals surface area contributed by atoms with E-state index in [2.05, 4.69) is 10.5 Å². The van der Waals surface area contributed by atoms with Gasteiger partial charge >= 0.3 is 5.97 Å². The molecule has 0 spiro atoms. The van der Waals surface area contributed by atoms with E-state index in [0.717, 1.165) is 18.4 Å². The number of oxime groups is 1. The summed E-state index contributed by atoms with van der Waals surface area (Å²) >= 11 is 0. The van der Waals surface area contributed by atoms with Crippen molar-refractivity contribution in [3.8, 4) is 0 Å². The molecule has 0 aliphatic carbocycles. The summed E-state index contributed by atoms with van der Waals surface area (Å²) in [6.07, 6.45) is 4.97. The number of nitrogens with one attached hydrogen (secondary N) is 1. The maximum absolute atomic E-state index is 11.7. The zero-order valence-corrected chi connectivity index (χ0v) is 24.0. The van der Waals surface area contributed by atoms with E-state index in [1.165, 1.54) is 6.08 Å². The van der Waals surface area contributed by atoms with Gasteiger partial charge in [0, 0.05) is 20.1 Å². The fraction of sp³-hybridized carbons (Fsp3) is 0.607. The van der Waals surface area contributed by atoms with E-state index in [1.54, 1.807) is 27.2 Å². The van der Waals surface area contributed by atoms with E-state index >= 15 is 0 Å². The van der Waals surface area contributed by atoms with Gasteiger partial charge in [-0.25, -0.2) is 0 Å². The van der Waals surface area contributed by atoms with Crippen LogP contribution < -0.4 is 5.32 Å².